The quantitative estimate of drug-likeness (QED) is 0.216. The number of imidazole rings is 1. The van der Waals surface area contributed by atoms with Crippen molar-refractivity contribution in [3.8, 4) is 0 Å². The minimum absolute atomic E-state index is 0.802. The molecule has 18 heteroatoms. The summed E-state index contributed by atoms with van der Waals surface area (Å²) in [4.78, 5) is 24.8. The third kappa shape index (κ3) is 2.70. The Bertz CT molecular complexity index is 872. The van der Waals surface area contributed by atoms with E-state index in [0.29, 0.717) is 0 Å². The van der Waals surface area contributed by atoms with Crippen LogP contribution in [0.3, 0.4) is 0 Å². The molecule has 128 valence electrons. The maximum atomic E-state index is 11.8. The highest BCUT2D eigenvalue weighted by atomic mass is 17.1. The van der Waals surface area contributed by atoms with Crippen LogP contribution in [0.25, 0.3) is 11.2 Å². The summed E-state index contributed by atoms with van der Waals surface area (Å²) in [5.41, 5.74) is -6.72. The van der Waals surface area contributed by atoms with Crippen molar-refractivity contribution in [3.05, 3.63) is 36.5 Å². The van der Waals surface area contributed by atoms with Crippen LogP contribution in [0.1, 0.15) is 0 Å². The lowest BCUT2D eigenvalue weighted by atomic mass is 10.5. The fraction of sp³-hybridized carbons (Fsp3) is 0. The summed E-state index contributed by atoms with van der Waals surface area (Å²) in [6, 6.07) is 0. The summed E-state index contributed by atoms with van der Waals surface area (Å²) in [7, 11) is 0. The maximum absolute atomic E-state index is 11.8. The van der Waals surface area contributed by atoms with Crippen molar-refractivity contribution < 1.29 is 31.2 Å². The van der Waals surface area contributed by atoms with Gasteiger partial charge in [0.1, 0.15) is 0 Å². The van der Waals surface area contributed by atoms with Crippen molar-refractivity contribution in [1.82, 2.24) is 34.5 Å². The van der Waals surface area contributed by atoms with Gasteiger partial charge in [0.05, 0.1) is 0 Å². The summed E-state index contributed by atoms with van der Waals surface area (Å²) >= 11 is 0. The van der Waals surface area contributed by atoms with Crippen LogP contribution in [0.5, 0.6) is 0 Å². The fourth-order valence-corrected chi connectivity index (χ4v) is 1.63. The van der Waals surface area contributed by atoms with E-state index in [0.717, 1.165) is 0 Å². The number of hydrogen-bond donors (Lipinski definition) is 7. The standard InChI is InChI=1S/C5H7N7O11/c13-3-1-2(7-4(6-1)10(15,16)17)8(11(18,19)20)5(14)9(3)12(21,22)23/h15-16,18-19,21-22H,(H,6,7). The van der Waals surface area contributed by atoms with E-state index in [2.05, 4.69) is 4.98 Å². The molecule has 0 radical (unpaired) electrons. The SMILES string of the molecule is O=c1c2[nH]c([N+]([O-])(O)O)nc2n([N+]([O-])(O)O)c(=O)n1[N+]([O-])(O)O. The van der Waals surface area contributed by atoms with Gasteiger partial charge in [0.25, 0.3) is 0 Å². The van der Waals surface area contributed by atoms with Gasteiger partial charge in [-0.15, -0.1) is 4.98 Å². The first-order chi connectivity index (χ1) is 10.2. The number of rotatable bonds is 3. The zero-order valence-corrected chi connectivity index (χ0v) is 10.4. The first-order valence-corrected chi connectivity index (χ1v) is 5.12. The molecular formula is C5H7N7O11. The predicted molar refractivity (Wildman–Crippen MR) is 62.3 cm³/mol. The number of hydrogen-bond acceptors (Lipinski definition) is 12. The van der Waals surface area contributed by atoms with Crippen LogP contribution in [0.4, 0.5) is 5.95 Å². The third-order valence-electron chi connectivity index (χ3n) is 2.44. The van der Waals surface area contributed by atoms with Crippen LogP contribution in [0, 0.1) is 15.6 Å². The molecule has 0 fully saturated rings. The van der Waals surface area contributed by atoms with E-state index in [1.165, 1.54) is 0 Å². The van der Waals surface area contributed by atoms with Crippen molar-refractivity contribution in [2.24, 2.45) is 0 Å². The molecule has 0 aliphatic heterocycles. The molecule has 7 N–H and O–H groups in total. The average Bonchev–Trinajstić information content (AvgIpc) is 2.69. The summed E-state index contributed by atoms with van der Waals surface area (Å²) in [6.07, 6.45) is 0. The van der Waals surface area contributed by atoms with Gasteiger partial charge in [-0.2, -0.15) is 31.2 Å². The second-order valence-corrected chi connectivity index (χ2v) is 4.04. The molecule has 0 amide bonds. The number of H-pyrrole nitrogens is 1. The van der Waals surface area contributed by atoms with Gasteiger partial charge in [0.2, 0.25) is 5.65 Å². The molecule has 0 unspecified atom stereocenters. The molecule has 2 aromatic heterocycles. The van der Waals surface area contributed by atoms with E-state index in [1.54, 1.807) is 4.98 Å². The van der Waals surface area contributed by atoms with Crippen molar-refractivity contribution in [2.45, 2.75) is 0 Å². The molecular weight excluding hydrogens is 334 g/mol. The van der Waals surface area contributed by atoms with E-state index in [9.17, 15) is 25.2 Å². The number of fused-ring (bicyclic) bond motifs is 1. The topological polar surface area (TPSA) is 263 Å². The molecule has 2 heterocycles. The molecule has 0 aliphatic rings. The van der Waals surface area contributed by atoms with E-state index in [-0.39, 0.29) is 0 Å². The van der Waals surface area contributed by atoms with Crippen LogP contribution >= 0.6 is 0 Å². The van der Waals surface area contributed by atoms with Gasteiger partial charge in [-0.05, 0) is 14.3 Å². The Morgan fingerprint density at radius 1 is 0.913 bits per heavy atom. The zero-order chi connectivity index (χ0) is 18.0. The summed E-state index contributed by atoms with van der Waals surface area (Å²) < 4.78 is -1.81. The molecule has 0 aromatic carbocycles. The summed E-state index contributed by atoms with van der Waals surface area (Å²) in [5, 5.41) is 78.5. The molecule has 18 nitrogen and oxygen atoms in total. The van der Waals surface area contributed by atoms with Crippen LogP contribution < -0.4 is 26.4 Å². The van der Waals surface area contributed by atoms with Gasteiger partial charge in [-0.1, -0.05) is 0 Å². The highest BCUT2D eigenvalue weighted by Crippen LogP contribution is 2.16. The smallest absolute Gasteiger partial charge is 0.435 e. The molecule has 23 heavy (non-hydrogen) atoms. The Morgan fingerprint density at radius 2 is 1.39 bits per heavy atom. The zero-order valence-electron chi connectivity index (χ0n) is 10.4. The molecule has 0 saturated carbocycles. The number of nitrogens with one attached hydrogen (secondary N) is 1. The van der Waals surface area contributed by atoms with Gasteiger partial charge >= 0.3 is 17.2 Å². The Morgan fingerprint density at radius 3 is 1.78 bits per heavy atom. The largest absolute Gasteiger partial charge is 0.556 e. The minimum Gasteiger partial charge on any atom is -0.556 e. The van der Waals surface area contributed by atoms with Crippen molar-refractivity contribution in [3.63, 3.8) is 0 Å². The second-order valence-electron chi connectivity index (χ2n) is 4.04. The Labute approximate surface area is 120 Å². The molecule has 0 spiro atoms. The number of quaternary nitrogens is 3. The Hall–Kier alpha value is -2.33. The van der Waals surface area contributed by atoms with Gasteiger partial charge in [-0.25, -0.2) is 4.79 Å². The minimum atomic E-state index is -3.74. The Kier molecular flexibility index (Phi) is 3.40. The summed E-state index contributed by atoms with van der Waals surface area (Å²) in [6.45, 7) is 0. The molecule has 0 saturated heterocycles. The highest BCUT2D eigenvalue weighted by Gasteiger charge is 2.36. The van der Waals surface area contributed by atoms with E-state index in [1.807, 2.05) is 0 Å². The van der Waals surface area contributed by atoms with Crippen LogP contribution in [-0.2, 0) is 0 Å². The normalized spacial score (nSPS) is 13.8. The highest BCUT2D eigenvalue weighted by molar-refractivity contribution is 5.72. The van der Waals surface area contributed by atoms with E-state index >= 15 is 0 Å². The molecule has 2 aromatic rings. The van der Waals surface area contributed by atoms with E-state index in [4.69, 9.17) is 31.2 Å². The molecule has 0 aliphatic carbocycles. The van der Waals surface area contributed by atoms with Gasteiger partial charge in [0, 0.05) is 10.2 Å². The number of aromatic amines is 1. The summed E-state index contributed by atoms with van der Waals surface area (Å²) in [5.74, 6) is -1.45. The number of nitrogens with zero attached hydrogens (tertiary/aromatic N) is 6. The number of aromatic nitrogens is 4. The maximum Gasteiger partial charge on any atom is 0.435 e. The molecule has 0 bridgehead atoms. The van der Waals surface area contributed by atoms with Crippen LogP contribution in [-0.4, -0.2) is 50.6 Å². The Balaban J connectivity index is 3.11. The first kappa shape index (κ1) is 17.0. The average molecular weight is 341 g/mol. The lowest BCUT2D eigenvalue weighted by Gasteiger charge is -2.26. The van der Waals surface area contributed by atoms with Crippen LogP contribution in [0.15, 0.2) is 9.59 Å². The van der Waals surface area contributed by atoms with Gasteiger partial charge in [0.15, 0.2) is 5.52 Å². The first-order valence-electron chi connectivity index (χ1n) is 5.12. The van der Waals surface area contributed by atoms with Crippen molar-refractivity contribution in [2.75, 3.05) is 0 Å². The lowest BCUT2D eigenvalue weighted by molar-refractivity contribution is -0.348. The third-order valence-corrected chi connectivity index (χ3v) is 2.44. The fourth-order valence-electron chi connectivity index (χ4n) is 1.63. The van der Waals surface area contributed by atoms with Crippen molar-refractivity contribution in [1.29, 1.82) is 0 Å². The van der Waals surface area contributed by atoms with E-state index < -0.39 is 52.9 Å². The van der Waals surface area contributed by atoms with Crippen LogP contribution in [0.2, 0.25) is 0 Å². The monoisotopic (exact) mass is 341 g/mol. The molecule has 0 atom stereocenters. The lowest BCUT2D eigenvalue weighted by Crippen LogP contribution is -2.64. The van der Waals surface area contributed by atoms with Gasteiger partial charge in [-0.3, -0.25) is 9.78 Å². The second kappa shape index (κ2) is 4.59. The predicted octanol–water partition coefficient (Wildman–Crippen LogP) is -3.10. The molecule has 2 rings (SSSR count). The van der Waals surface area contributed by atoms with Crippen molar-refractivity contribution >= 4 is 17.1 Å². The van der Waals surface area contributed by atoms with Gasteiger partial charge < -0.3 is 15.6 Å².